The fourth-order valence-corrected chi connectivity index (χ4v) is 2.96. The van der Waals surface area contributed by atoms with Crippen molar-refractivity contribution in [2.45, 2.75) is 37.8 Å². The van der Waals surface area contributed by atoms with Crippen molar-refractivity contribution in [1.29, 1.82) is 0 Å². The molecule has 0 unspecified atom stereocenters. The highest BCUT2D eigenvalue weighted by molar-refractivity contribution is 5.39. The number of hydrogen-bond acceptors (Lipinski definition) is 1. The molecule has 0 amide bonds. The van der Waals surface area contributed by atoms with Crippen LogP contribution in [0.15, 0.2) is 24.3 Å². The van der Waals surface area contributed by atoms with Crippen LogP contribution >= 0.6 is 0 Å². The van der Waals surface area contributed by atoms with Gasteiger partial charge in [0.1, 0.15) is 0 Å². The second-order valence-corrected chi connectivity index (χ2v) is 4.42. The van der Waals surface area contributed by atoms with E-state index in [9.17, 15) is 0 Å². The van der Waals surface area contributed by atoms with Crippen molar-refractivity contribution in [2.24, 2.45) is 0 Å². The highest BCUT2D eigenvalue weighted by Crippen LogP contribution is 2.40. The first kappa shape index (κ1) is 7.57. The molecule has 0 radical (unpaired) electrons. The fourth-order valence-electron chi connectivity index (χ4n) is 2.96. The van der Waals surface area contributed by atoms with Crippen molar-refractivity contribution in [1.82, 2.24) is 5.32 Å². The zero-order chi connectivity index (χ0) is 8.84. The highest BCUT2D eigenvalue weighted by Gasteiger charge is 2.38. The third kappa shape index (κ3) is 1.03. The zero-order valence-corrected chi connectivity index (χ0v) is 7.96. The summed E-state index contributed by atoms with van der Waals surface area (Å²) in [4.78, 5) is 0. The molecule has 68 valence electrons. The van der Waals surface area contributed by atoms with Gasteiger partial charge in [0.15, 0.2) is 0 Å². The summed E-state index contributed by atoms with van der Waals surface area (Å²) in [6.45, 7) is 2.29. The lowest BCUT2D eigenvalue weighted by molar-refractivity contribution is 0.559. The van der Waals surface area contributed by atoms with Crippen LogP contribution in [-0.4, -0.2) is 12.1 Å². The van der Waals surface area contributed by atoms with Gasteiger partial charge in [0.2, 0.25) is 0 Å². The molecule has 3 atom stereocenters. The lowest BCUT2D eigenvalue weighted by atomic mass is 9.97. The molecule has 0 spiro atoms. The molecule has 1 saturated heterocycles. The van der Waals surface area contributed by atoms with Crippen LogP contribution in [0.4, 0.5) is 0 Å². The Kier molecular flexibility index (Phi) is 1.50. The van der Waals surface area contributed by atoms with Gasteiger partial charge < -0.3 is 5.32 Å². The van der Waals surface area contributed by atoms with Gasteiger partial charge in [-0.15, -0.1) is 0 Å². The smallest absolute Gasteiger partial charge is 0.0179 e. The van der Waals surface area contributed by atoms with E-state index in [4.69, 9.17) is 0 Å². The zero-order valence-electron chi connectivity index (χ0n) is 7.96. The maximum atomic E-state index is 3.66. The van der Waals surface area contributed by atoms with E-state index in [0.29, 0.717) is 6.04 Å². The van der Waals surface area contributed by atoms with E-state index in [1.165, 1.54) is 12.8 Å². The van der Waals surface area contributed by atoms with Crippen LogP contribution in [0.25, 0.3) is 0 Å². The second-order valence-electron chi connectivity index (χ2n) is 4.42. The first-order chi connectivity index (χ1) is 6.34. The van der Waals surface area contributed by atoms with Crippen LogP contribution < -0.4 is 5.32 Å². The summed E-state index contributed by atoms with van der Waals surface area (Å²) in [5.74, 6) is 0.797. The molecule has 1 nitrogen and oxygen atoms in total. The maximum absolute atomic E-state index is 3.66. The van der Waals surface area contributed by atoms with Crippen LogP contribution in [0, 0.1) is 0 Å². The quantitative estimate of drug-likeness (QED) is 0.633. The minimum atomic E-state index is 0.711. The summed E-state index contributed by atoms with van der Waals surface area (Å²) in [6.07, 6.45) is 2.56. The monoisotopic (exact) mass is 173 g/mol. The molecule has 0 bridgehead atoms. The van der Waals surface area contributed by atoms with E-state index in [2.05, 4.69) is 36.5 Å². The summed E-state index contributed by atoms with van der Waals surface area (Å²) in [7, 11) is 0. The molecule has 1 heteroatoms. The third-order valence-corrected chi connectivity index (χ3v) is 3.49. The van der Waals surface area contributed by atoms with Crippen LogP contribution in [0.5, 0.6) is 0 Å². The number of rotatable bonds is 0. The Morgan fingerprint density at radius 1 is 1.31 bits per heavy atom. The number of benzene rings is 1. The van der Waals surface area contributed by atoms with E-state index in [1.54, 1.807) is 11.1 Å². The van der Waals surface area contributed by atoms with Crippen LogP contribution in [0.2, 0.25) is 0 Å². The van der Waals surface area contributed by atoms with Crippen LogP contribution in [0.1, 0.15) is 30.4 Å². The first-order valence-corrected chi connectivity index (χ1v) is 5.18. The van der Waals surface area contributed by atoms with E-state index in [-0.39, 0.29) is 0 Å². The van der Waals surface area contributed by atoms with E-state index in [1.807, 2.05) is 0 Å². The van der Waals surface area contributed by atoms with E-state index >= 15 is 0 Å². The standard InChI is InChI=1S/C12H15N/c1-8-6-11-10-5-3-2-4-9(10)7-12(11)13-8/h2-5,8,11-13H,6-7H2,1H3/t8-,11-,12+/m1/s1. The molecule has 1 aromatic rings. The van der Waals surface area contributed by atoms with Crippen molar-refractivity contribution >= 4 is 0 Å². The van der Waals surface area contributed by atoms with Crippen molar-refractivity contribution < 1.29 is 0 Å². The fraction of sp³-hybridized carbons (Fsp3) is 0.500. The van der Waals surface area contributed by atoms with Crippen molar-refractivity contribution in [2.75, 3.05) is 0 Å². The number of fused-ring (bicyclic) bond motifs is 3. The first-order valence-electron chi connectivity index (χ1n) is 5.18. The minimum Gasteiger partial charge on any atom is -0.311 e. The summed E-state index contributed by atoms with van der Waals surface area (Å²) in [5, 5.41) is 3.66. The van der Waals surface area contributed by atoms with Crippen LogP contribution in [-0.2, 0) is 6.42 Å². The number of hydrogen-bond donors (Lipinski definition) is 1. The molecule has 1 aromatic carbocycles. The molecular formula is C12H15N. The van der Waals surface area contributed by atoms with Crippen molar-refractivity contribution in [3.05, 3.63) is 35.4 Å². The van der Waals surface area contributed by atoms with Gasteiger partial charge in [0, 0.05) is 18.0 Å². The minimum absolute atomic E-state index is 0.711. The van der Waals surface area contributed by atoms with Gasteiger partial charge in [0.25, 0.3) is 0 Å². The third-order valence-electron chi connectivity index (χ3n) is 3.49. The molecule has 1 N–H and O–H groups in total. The van der Waals surface area contributed by atoms with Gasteiger partial charge in [-0.2, -0.15) is 0 Å². The van der Waals surface area contributed by atoms with Gasteiger partial charge in [-0.25, -0.2) is 0 Å². The Labute approximate surface area is 79.2 Å². The van der Waals surface area contributed by atoms with E-state index in [0.717, 1.165) is 12.0 Å². The lowest BCUT2D eigenvalue weighted by Crippen LogP contribution is -2.28. The van der Waals surface area contributed by atoms with Gasteiger partial charge in [0.05, 0.1) is 0 Å². The molecule has 1 aliphatic carbocycles. The van der Waals surface area contributed by atoms with E-state index < -0.39 is 0 Å². The average molecular weight is 173 g/mol. The normalized spacial score (nSPS) is 35.9. The topological polar surface area (TPSA) is 12.0 Å². The molecule has 1 fully saturated rings. The molecule has 3 rings (SSSR count). The summed E-state index contributed by atoms with van der Waals surface area (Å²) >= 11 is 0. The summed E-state index contributed by atoms with van der Waals surface area (Å²) in [6, 6.07) is 10.4. The Morgan fingerprint density at radius 3 is 3.08 bits per heavy atom. The molecule has 1 aliphatic heterocycles. The second kappa shape index (κ2) is 2.58. The van der Waals surface area contributed by atoms with Gasteiger partial charge in [-0.1, -0.05) is 24.3 Å². The largest absolute Gasteiger partial charge is 0.311 e. The lowest BCUT2D eigenvalue weighted by Gasteiger charge is -2.07. The van der Waals surface area contributed by atoms with Crippen molar-refractivity contribution in [3.8, 4) is 0 Å². The molecule has 0 aromatic heterocycles. The van der Waals surface area contributed by atoms with Gasteiger partial charge in [-0.05, 0) is 30.9 Å². The predicted octanol–water partition coefficient (Wildman–Crippen LogP) is 2.08. The Bertz CT molecular complexity index is 332. The van der Waals surface area contributed by atoms with Gasteiger partial charge >= 0.3 is 0 Å². The molecular weight excluding hydrogens is 158 g/mol. The molecule has 0 saturated carbocycles. The Morgan fingerprint density at radius 2 is 2.15 bits per heavy atom. The predicted molar refractivity (Wildman–Crippen MR) is 53.9 cm³/mol. The Balaban J connectivity index is 2.02. The Hall–Kier alpha value is -0.820. The van der Waals surface area contributed by atoms with Gasteiger partial charge in [-0.3, -0.25) is 0 Å². The highest BCUT2D eigenvalue weighted by atomic mass is 15.0. The SMILES string of the molecule is C[C@@H]1C[C@@H]2c3ccccc3C[C@@H]2N1. The summed E-state index contributed by atoms with van der Waals surface area (Å²) < 4.78 is 0. The van der Waals surface area contributed by atoms with Crippen molar-refractivity contribution in [3.63, 3.8) is 0 Å². The molecule has 2 aliphatic rings. The maximum Gasteiger partial charge on any atom is 0.0179 e. The molecule has 1 heterocycles. The summed E-state index contributed by atoms with van der Waals surface area (Å²) in [5.41, 5.74) is 3.17. The molecule has 13 heavy (non-hydrogen) atoms. The average Bonchev–Trinajstić information content (AvgIpc) is 2.60. The number of nitrogens with one attached hydrogen (secondary N) is 1. The van der Waals surface area contributed by atoms with Crippen LogP contribution in [0.3, 0.4) is 0 Å².